The molecule has 0 unspecified atom stereocenters. The standard InChI is InChI=1S/C15H14N4OS/c1-9-2-7-18-15-11(9)12(16)13(21-15)14(20)19-8-10-3-5-17-6-4-10/h2-7H,8,16H2,1H3,(H,19,20). The summed E-state index contributed by atoms with van der Waals surface area (Å²) < 4.78 is 0. The lowest BCUT2D eigenvalue weighted by molar-refractivity contribution is 0.0956. The molecule has 0 aliphatic heterocycles. The first kappa shape index (κ1) is 13.5. The maximum Gasteiger partial charge on any atom is 0.263 e. The van der Waals surface area contributed by atoms with Crippen LogP contribution in [-0.2, 0) is 6.54 Å². The summed E-state index contributed by atoms with van der Waals surface area (Å²) in [5.74, 6) is -0.174. The Kier molecular flexibility index (Phi) is 3.53. The Labute approximate surface area is 125 Å². The molecular formula is C15H14N4OS. The number of aryl methyl sites for hydroxylation is 1. The maximum atomic E-state index is 12.3. The van der Waals surface area contributed by atoms with Crippen molar-refractivity contribution in [3.63, 3.8) is 0 Å². The summed E-state index contributed by atoms with van der Waals surface area (Å²) in [5, 5.41) is 3.74. The number of rotatable bonds is 3. The first-order valence-corrected chi connectivity index (χ1v) is 7.29. The monoisotopic (exact) mass is 298 g/mol. The lowest BCUT2D eigenvalue weighted by Crippen LogP contribution is -2.22. The minimum atomic E-state index is -0.174. The minimum absolute atomic E-state index is 0.174. The molecule has 0 bridgehead atoms. The molecule has 1 amide bonds. The number of nitrogen functional groups attached to an aromatic ring is 1. The van der Waals surface area contributed by atoms with Crippen molar-refractivity contribution in [1.82, 2.24) is 15.3 Å². The summed E-state index contributed by atoms with van der Waals surface area (Å²) in [4.78, 5) is 21.8. The average molecular weight is 298 g/mol. The molecule has 0 radical (unpaired) electrons. The zero-order chi connectivity index (χ0) is 14.8. The molecule has 0 aliphatic rings. The number of nitrogens with zero attached hydrogens (tertiary/aromatic N) is 2. The van der Waals surface area contributed by atoms with Crippen LogP contribution in [0, 0.1) is 6.92 Å². The Morgan fingerprint density at radius 1 is 1.29 bits per heavy atom. The Balaban J connectivity index is 1.85. The van der Waals surface area contributed by atoms with Crippen LogP contribution in [0.1, 0.15) is 20.8 Å². The molecular weight excluding hydrogens is 284 g/mol. The van der Waals surface area contributed by atoms with Crippen LogP contribution < -0.4 is 11.1 Å². The van der Waals surface area contributed by atoms with Crippen molar-refractivity contribution in [2.45, 2.75) is 13.5 Å². The lowest BCUT2D eigenvalue weighted by Gasteiger charge is -2.04. The number of amides is 1. The van der Waals surface area contributed by atoms with Gasteiger partial charge >= 0.3 is 0 Å². The zero-order valence-corrected chi connectivity index (χ0v) is 12.3. The Bertz CT molecular complexity index is 798. The first-order valence-electron chi connectivity index (χ1n) is 6.47. The van der Waals surface area contributed by atoms with Crippen molar-refractivity contribution in [2.24, 2.45) is 0 Å². The van der Waals surface area contributed by atoms with Crippen LogP contribution in [0.15, 0.2) is 36.8 Å². The van der Waals surface area contributed by atoms with E-state index in [1.807, 2.05) is 25.1 Å². The van der Waals surface area contributed by atoms with Gasteiger partial charge < -0.3 is 11.1 Å². The number of fused-ring (bicyclic) bond motifs is 1. The number of carbonyl (C=O) groups is 1. The summed E-state index contributed by atoms with van der Waals surface area (Å²) in [5.41, 5.74) is 8.64. The summed E-state index contributed by atoms with van der Waals surface area (Å²) in [7, 11) is 0. The highest BCUT2D eigenvalue weighted by atomic mass is 32.1. The fourth-order valence-electron chi connectivity index (χ4n) is 2.14. The van der Waals surface area contributed by atoms with Crippen LogP contribution in [0.3, 0.4) is 0 Å². The largest absolute Gasteiger partial charge is 0.397 e. The highest BCUT2D eigenvalue weighted by Gasteiger charge is 2.17. The van der Waals surface area contributed by atoms with Gasteiger partial charge in [0.1, 0.15) is 9.71 Å². The van der Waals surface area contributed by atoms with Gasteiger partial charge in [-0.25, -0.2) is 4.98 Å². The normalized spacial score (nSPS) is 10.7. The zero-order valence-electron chi connectivity index (χ0n) is 11.5. The average Bonchev–Trinajstić information content (AvgIpc) is 2.84. The topological polar surface area (TPSA) is 80.9 Å². The number of hydrogen-bond acceptors (Lipinski definition) is 5. The van der Waals surface area contributed by atoms with E-state index >= 15 is 0 Å². The molecule has 0 spiro atoms. The molecule has 5 nitrogen and oxygen atoms in total. The lowest BCUT2D eigenvalue weighted by atomic mass is 10.1. The molecule has 0 saturated carbocycles. The van der Waals surface area contributed by atoms with Crippen molar-refractivity contribution >= 4 is 33.1 Å². The van der Waals surface area contributed by atoms with Crippen molar-refractivity contribution < 1.29 is 4.79 Å². The van der Waals surface area contributed by atoms with E-state index < -0.39 is 0 Å². The molecule has 0 atom stereocenters. The van der Waals surface area contributed by atoms with Gasteiger partial charge in [0.25, 0.3) is 5.91 Å². The van der Waals surface area contributed by atoms with Gasteiger partial charge in [0.2, 0.25) is 0 Å². The van der Waals surface area contributed by atoms with Crippen LogP contribution in [0.25, 0.3) is 10.2 Å². The Hall–Kier alpha value is -2.47. The number of anilines is 1. The van der Waals surface area contributed by atoms with E-state index in [1.54, 1.807) is 18.6 Å². The molecule has 0 saturated heterocycles. The molecule has 0 fully saturated rings. The van der Waals surface area contributed by atoms with Gasteiger partial charge in [0.05, 0.1) is 5.69 Å². The smallest absolute Gasteiger partial charge is 0.263 e. The molecule has 3 N–H and O–H groups in total. The third kappa shape index (κ3) is 2.57. The molecule has 106 valence electrons. The summed E-state index contributed by atoms with van der Waals surface area (Å²) in [6.07, 6.45) is 5.12. The number of carbonyl (C=O) groups excluding carboxylic acids is 1. The molecule has 3 aromatic heterocycles. The SMILES string of the molecule is Cc1ccnc2sc(C(=O)NCc3ccncc3)c(N)c12. The number of nitrogens with two attached hydrogens (primary N) is 1. The number of pyridine rings is 2. The third-order valence-corrected chi connectivity index (χ3v) is 4.36. The van der Waals surface area contributed by atoms with Gasteiger partial charge in [-0.2, -0.15) is 0 Å². The predicted molar refractivity (Wildman–Crippen MR) is 84.2 cm³/mol. The number of aromatic nitrogens is 2. The summed E-state index contributed by atoms with van der Waals surface area (Å²) >= 11 is 1.32. The predicted octanol–water partition coefficient (Wildman–Crippen LogP) is 2.51. The van der Waals surface area contributed by atoms with Gasteiger partial charge in [-0.15, -0.1) is 11.3 Å². The first-order chi connectivity index (χ1) is 10.2. The van der Waals surface area contributed by atoms with E-state index in [0.29, 0.717) is 17.1 Å². The molecule has 21 heavy (non-hydrogen) atoms. The molecule has 0 aromatic carbocycles. The number of nitrogens with one attached hydrogen (secondary N) is 1. The van der Waals surface area contributed by atoms with E-state index in [4.69, 9.17) is 5.73 Å². The second-order valence-corrected chi connectivity index (χ2v) is 5.69. The van der Waals surface area contributed by atoms with Gasteiger partial charge in [0.15, 0.2) is 0 Å². The molecule has 3 heterocycles. The quantitative estimate of drug-likeness (QED) is 0.778. The molecule has 3 aromatic rings. The van der Waals surface area contributed by atoms with Crippen molar-refractivity contribution in [3.05, 3.63) is 52.8 Å². The van der Waals surface area contributed by atoms with Crippen LogP contribution in [0.5, 0.6) is 0 Å². The Morgan fingerprint density at radius 3 is 2.76 bits per heavy atom. The summed E-state index contributed by atoms with van der Waals surface area (Å²) in [6, 6.07) is 5.62. The number of thiophene rings is 1. The van der Waals surface area contributed by atoms with E-state index in [0.717, 1.165) is 21.3 Å². The highest BCUT2D eigenvalue weighted by molar-refractivity contribution is 7.21. The van der Waals surface area contributed by atoms with Crippen molar-refractivity contribution in [1.29, 1.82) is 0 Å². The van der Waals surface area contributed by atoms with Gasteiger partial charge in [-0.1, -0.05) is 0 Å². The van der Waals surface area contributed by atoms with Crippen LogP contribution in [0.4, 0.5) is 5.69 Å². The van der Waals surface area contributed by atoms with Crippen LogP contribution >= 0.6 is 11.3 Å². The highest BCUT2D eigenvalue weighted by Crippen LogP contribution is 2.34. The van der Waals surface area contributed by atoms with E-state index in [2.05, 4.69) is 15.3 Å². The van der Waals surface area contributed by atoms with E-state index in [9.17, 15) is 4.79 Å². The fourth-order valence-corrected chi connectivity index (χ4v) is 3.19. The summed E-state index contributed by atoms with van der Waals surface area (Å²) in [6.45, 7) is 2.41. The second-order valence-electron chi connectivity index (χ2n) is 4.69. The molecule has 0 aliphatic carbocycles. The molecule has 3 rings (SSSR count). The fraction of sp³-hybridized carbons (Fsp3) is 0.133. The Morgan fingerprint density at radius 2 is 2.05 bits per heavy atom. The molecule has 6 heteroatoms. The maximum absolute atomic E-state index is 12.3. The third-order valence-electron chi connectivity index (χ3n) is 3.25. The second kappa shape index (κ2) is 5.49. The van der Waals surface area contributed by atoms with E-state index in [1.165, 1.54) is 11.3 Å². The van der Waals surface area contributed by atoms with Crippen molar-refractivity contribution in [2.75, 3.05) is 5.73 Å². The van der Waals surface area contributed by atoms with Crippen LogP contribution in [-0.4, -0.2) is 15.9 Å². The van der Waals surface area contributed by atoms with Gasteiger partial charge in [-0.05, 0) is 36.2 Å². The minimum Gasteiger partial charge on any atom is -0.397 e. The van der Waals surface area contributed by atoms with Gasteiger partial charge in [0, 0.05) is 30.5 Å². The number of hydrogen-bond donors (Lipinski definition) is 2. The van der Waals surface area contributed by atoms with Gasteiger partial charge in [-0.3, -0.25) is 9.78 Å². The van der Waals surface area contributed by atoms with Crippen molar-refractivity contribution in [3.8, 4) is 0 Å². The van der Waals surface area contributed by atoms with E-state index in [-0.39, 0.29) is 5.91 Å². The van der Waals surface area contributed by atoms with Crippen LogP contribution in [0.2, 0.25) is 0 Å².